The molecule has 2 aromatic carbocycles. The molecule has 0 saturated carbocycles. The fourth-order valence-corrected chi connectivity index (χ4v) is 4.10. The van der Waals surface area contributed by atoms with Crippen LogP contribution in [0, 0.1) is 17.0 Å². The lowest BCUT2D eigenvalue weighted by Crippen LogP contribution is -2.23. The summed E-state index contributed by atoms with van der Waals surface area (Å²) in [6, 6.07) is 14.0. The molecule has 1 aliphatic rings. The van der Waals surface area contributed by atoms with Crippen LogP contribution < -0.4 is 0 Å². The molecule has 33 heavy (non-hydrogen) atoms. The molecule has 1 aromatic heterocycles. The number of carboxylic acids is 1. The number of carboxylic acid groups (broad SMARTS) is 1. The summed E-state index contributed by atoms with van der Waals surface area (Å²) in [5.41, 5.74) is 2.06. The van der Waals surface area contributed by atoms with Crippen LogP contribution in [-0.2, 0) is 4.79 Å². The molecule has 10 heteroatoms. The maximum Gasteiger partial charge on any atom is 0.335 e. The summed E-state index contributed by atoms with van der Waals surface area (Å²) >= 11 is 1.16. The van der Waals surface area contributed by atoms with Gasteiger partial charge in [0.05, 0.1) is 21.1 Å². The van der Waals surface area contributed by atoms with E-state index in [4.69, 9.17) is 9.52 Å². The minimum absolute atomic E-state index is 0.0349. The van der Waals surface area contributed by atoms with Gasteiger partial charge in [0.25, 0.3) is 11.6 Å². The van der Waals surface area contributed by atoms with Crippen LogP contribution in [-0.4, -0.2) is 39.0 Å². The maximum atomic E-state index is 12.7. The van der Waals surface area contributed by atoms with Crippen molar-refractivity contribution in [2.75, 3.05) is 7.05 Å². The van der Waals surface area contributed by atoms with Crippen molar-refractivity contribution in [3.8, 4) is 11.3 Å². The Labute approximate surface area is 192 Å². The third kappa shape index (κ3) is 4.55. The van der Waals surface area contributed by atoms with Gasteiger partial charge in [0.2, 0.25) is 0 Å². The summed E-state index contributed by atoms with van der Waals surface area (Å²) in [6.07, 6.45) is 1.59. The van der Waals surface area contributed by atoms with Gasteiger partial charge in [-0.05, 0) is 60.6 Å². The minimum atomic E-state index is -1.03. The number of amidine groups is 1. The lowest BCUT2D eigenvalue weighted by atomic mass is 10.1. The number of nitro groups is 1. The molecule has 0 radical (unpaired) electrons. The first-order chi connectivity index (χ1) is 15.7. The number of benzene rings is 2. The van der Waals surface area contributed by atoms with E-state index in [9.17, 15) is 19.7 Å². The van der Waals surface area contributed by atoms with E-state index >= 15 is 0 Å². The van der Waals surface area contributed by atoms with Crippen LogP contribution in [0.5, 0.6) is 0 Å². The van der Waals surface area contributed by atoms with Crippen molar-refractivity contribution < 1.29 is 24.0 Å². The molecule has 0 unspecified atom stereocenters. The molecule has 1 amide bonds. The van der Waals surface area contributed by atoms with Crippen LogP contribution >= 0.6 is 11.8 Å². The number of carbonyl (C=O) groups excluding carboxylic acids is 1. The van der Waals surface area contributed by atoms with E-state index in [-0.39, 0.29) is 17.2 Å². The first kappa shape index (κ1) is 22.0. The number of amides is 1. The van der Waals surface area contributed by atoms with Crippen LogP contribution in [0.3, 0.4) is 0 Å². The van der Waals surface area contributed by atoms with Gasteiger partial charge in [0.1, 0.15) is 11.5 Å². The summed E-state index contributed by atoms with van der Waals surface area (Å²) in [6.45, 7) is 1.83. The fourth-order valence-electron chi connectivity index (χ4n) is 3.13. The summed E-state index contributed by atoms with van der Waals surface area (Å²) < 4.78 is 5.84. The number of likely N-dealkylation sites (N-methyl/N-ethyl adjacent to an activating group) is 1. The lowest BCUT2D eigenvalue weighted by molar-refractivity contribution is -0.384. The molecule has 166 valence electrons. The third-order valence-corrected chi connectivity index (χ3v) is 6.00. The zero-order valence-corrected chi connectivity index (χ0v) is 18.3. The van der Waals surface area contributed by atoms with Crippen LogP contribution in [0.1, 0.15) is 21.7 Å². The summed E-state index contributed by atoms with van der Waals surface area (Å²) in [7, 11) is 1.60. The Balaban J connectivity index is 1.59. The van der Waals surface area contributed by atoms with Gasteiger partial charge in [0, 0.05) is 30.8 Å². The van der Waals surface area contributed by atoms with Gasteiger partial charge < -0.3 is 9.52 Å². The smallest absolute Gasteiger partial charge is 0.335 e. The van der Waals surface area contributed by atoms with E-state index in [0.29, 0.717) is 32.8 Å². The second-order valence-electron chi connectivity index (χ2n) is 7.18. The lowest BCUT2D eigenvalue weighted by Gasteiger charge is -2.07. The average Bonchev–Trinajstić information content (AvgIpc) is 3.35. The average molecular weight is 463 g/mol. The standard InChI is InChI=1S/C23H17N3O6S/c1-13-3-8-16(26(30)31)11-18(13)19-10-9-17(32-19)12-20-21(27)25(2)23(33-20)24-15-6-4-14(5-7-15)22(28)29/h3-12H,1-2H3,(H,28,29)/b20-12+,24-23?. The number of rotatable bonds is 5. The molecule has 0 aliphatic carbocycles. The highest BCUT2D eigenvalue weighted by atomic mass is 32.2. The van der Waals surface area contributed by atoms with Crippen LogP contribution in [0.15, 0.2) is 68.9 Å². The molecule has 1 aliphatic heterocycles. The zero-order chi connectivity index (χ0) is 23.7. The van der Waals surface area contributed by atoms with Gasteiger partial charge in [-0.15, -0.1) is 0 Å². The van der Waals surface area contributed by atoms with Gasteiger partial charge in [-0.3, -0.25) is 19.8 Å². The fraction of sp³-hybridized carbons (Fsp3) is 0.0870. The molecule has 0 atom stereocenters. The molecule has 0 bridgehead atoms. The SMILES string of the molecule is Cc1ccc([N+](=O)[O-])cc1-c1ccc(/C=C2/SC(=Nc3ccc(C(=O)O)cc3)N(C)C2=O)o1. The molecule has 1 N–H and O–H groups in total. The van der Waals surface area contributed by atoms with E-state index in [1.807, 2.05) is 6.92 Å². The van der Waals surface area contributed by atoms with E-state index < -0.39 is 10.9 Å². The van der Waals surface area contributed by atoms with E-state index in [1.165, 1.54) is 29.2 Å². The van der Waals surface area contributed by atoms with Crippen molar-refractivity contribution in [1.82, 2.24) is 4.90 Å². The van der Waals surface area contributed by atoms with Crippen LogP contribution in [0.4, 0.5) is 11.4 Å². The number of nitro benzene ring substituents is 1. The summed E-state index contributed by atoms with van der Waals surface area (Å²) in [4.78, 5) is 40.5. The monoisotopic (exact) mass is 463 g/mol. The number of hydrogen-bond donors (Lipinski definition) is 1. The highest BCUT2D eigenvalue weighted by molar-refractivity contribution is 8.18. The van der Waals surface area contributed by atoms with Gasteiger partial charge in [-0.25, -0.2) is 9.79 Å². The number of hydrogen-bond acceptors (Lipinski definition) is 7. The van der Waals surface area contributed by atoms with Crippen molar-refractivity contribution in [1.29, 1.82) is 0 Å². The number of nitrogens with zero attached hydrogens (tertiary/aromatic N) is 3. The quantitative estimate of drug-likeness (QED) is 0.317. The van der Waals surface area contributed by atoms with Crippen molar-refractivity contribution in [2.45, 2.75) is 6.92 Å². The van der Waals surface area contributed by atoms with E-state index in [0.717, 1.165) is 17.3 Å². The molecular formula is C23H17N3O6S. The zero-order valence-electron chi connectivity index (χ0n) is 17.5. The Hall–Kier alpha value is -4.18. The first-order valence-corrected chi connectivity index (χ1v) is 10.5. The Morgan fingerprint density at radius 1 is 1.18 bits per heavy atom. The predicted octanol–water partition coefficient (Wildman–Crippen LogP) is 5.10. The number of non-ortho nitro benzene ring substituents is 1. The van der Waals surface area contributed by atoms with Crippen molar-refractivity contribution in [2.24, 2.45) is 4.99 Å². The van der Waals surface area contributed by atoms with Gasteiger partial charge in [-0.1, -0.05) is 6.07 Å². The largest absolute Gasteiger partial charge is 0.478 e. The minimum Gasteiger partial charge on any atom is -0.478 e. The van der Waals surface area contributed by atoms with Gasteiger partial charge in [-0.2, -0.15) is 0 Å². The third-order valence-electron chi connectivity index (χ3n) is 4.94. The molecule has 1 saturated heterocycles. The Morgan fingerprint density at radius 2 is 1.91 bits per heavy atom. The Kier molecular flexibility index (Phi) is 5.84. The van der Waals surface area contributed by atoms with Crippen molar-refractivity contribution >= 4 is 46.3 Å². The normalized spacial score (nSPS) is 16.1. The maximum absolute atomic E-state index is 12.7. The van der Waals surface area contributed by atoms with Crippen LogP contribution in [0.2, 0.25) is 0 Å². The molecule has 3 aromatic rings. The van der Waals surface area contributed by atoms with Crippen molar-refractivity contribution in [3.63, 3.8) is 0 Å². The molecule has 1 fully saturated rings. The van der Waals surface area contributed by atoms with Gasteiger partial charge >= 0.3 is 5.97 Å². The summed E-state index contributed by atoms with van der Waals surface area (Å²) in [5.74, 6) is -0.406. The number of thioether (sulfide) groups is 1. The van der Waals surface area contributed by atoms with Crippen LogP contribution in [0.25, 0.3) is 17.4 Å². The molecule has 0 spiro atoms. The number of aryl methyl sites for hydroxylation is 1. The Bertz CT molecular complexity index is 1340. The highest BCUT2D eigenvalue weighted by Crippen LogP contribution is 2.35. The topological polar surface area (TPSA) is 126 Å². The van der Waals surface area contributed by atoms with E-state index in [1.54, 1.807) is 43.5 Å². The van der Waals surface area contributed by atoms with E-state index in [2.05, 4.69) is 4.99 Å². The number of aliphatic imine (C=N–C) groups is 1. The summed E-state index contributed by atoms with van der Waals surface area (Å²) in [5, 5.41) is 20.5. The molecule has 2 heterocycles. The number of furan rings is 1. The van der Waals surface area contributed by atoms with Gasteiger partial charge in [0.15, 0.2) is 5.17 Å². The molecular weight excluding hydrogens is 446 g/mol. The van der Waals surface area contributed by atoms with Crippen molar-refractivity contribution in [3.05, 3.63) is 86.5 Å². The Morgan fingerprint density at radius 3 is 2.58 bits per heavy atom. The first-order valence-electron chi connectivity index (χ1n) is 9.68. The number of aromatic carboxylic acids is 1. The second-order valence-corrected chi connectivity index (χ2v) is 8.19. The molecule has 9 nitrogen and oxygen atoms in total. The second kappa shape index (κ2) is 8.75. The predicted molar refractivity (Wildman–Crippen MR) is 124 cm³/mol. The molecule has 4 rings (SSSR count). The number of carbonyl (C=O) groups is 2. The highest BCUT2D eigenvalue weighted by Gasteiger charge is 2.30.